The second-order valence-corrected chi connectivity index (χ2v) is 3.61. The Morgan fingerprint density at radius 3 is 2.89 bits per heavy atom. The Labute approximate surface area is 106 Å². The van der Waals surface area contributed by atoms with Gasteiger partial charge >= 0.3 is 5.97 Å². The minimum atomic E-state index is -0.565. The minimum absolute atomic E-state index is 0.210. The molecule has 18 heavy (non-hydrogen) atoms. The van der Waals surface area contributed by atoms with Crippen molar-refractivity contribution in [3.63, 3.8) is 0 Å². The predicted molar refractivity (Wildman–Crippen MR) is 67.1 cm³/mol. The maximum absolute atomic E-state index is 11.1. The first kappa shape index (κ1) is 14.0. The number of carbonyl (C=O) groups excluding carboxylic acids is 2. The van der Waals surface area contributed by atoms with Crippen LogP contribution in [0.15, 0.2) is 18.2 Å². The Hall–Kier alpha value is -2.11. The molecule has 1 heterocycles. The number of primary amides is 1. The van der Waals surface area contributed by atoms with Crippen LogP contribution >= 0.6 is 0 Å². The Morgan fingerprint density at radius 2 is 2.22 bits per heavy atom. The molecule has 0 bridgehead atoms. The second-order valence-electron chi connectivity index (χ2n) is 3.61. The number of carbonyl (C=O) groups is 2. The van der Waals surface area contributed by atoms with E-state index in [0.717, 1.165) is 0 Å². The van der Waals surface area contributed by atoms with Gasteiger partial charge in [0.05, 0.1) is 6.61 Å². The van der Waals surface area contributed by atoms with E-state index in [1.54, 1.807) is 25.1 Å². The summed E-state index contributed by atoms with van der Waals surface area (Å²) in [5.41, 5.74) is 5.33. The highest BCUT2D eigenvalue weighted by Gasteiger charge is 2.03. The first-order chi connectivity index (χ1) is 8.63. The lowest BCUT2D eigenvalue weighted by Gasteiger charge is -2.06. The van der Waals surface area contributed by atoms with E-state index in [9.17, 15) is 9.59 Å². The first-order valence-electron chi connectivity index (χ1n) is 5.80. The minimum Gasteiger partial charge on any atom is -0.466 e. The van der Waals surface area contributed by atoms with Gasteiger partial charge in [-0.05, 0) is 25.5 Å². The third-order valence-electron chi connectivity index (χ3n) is 2.17. The number of hydrogen-bond donors (Lipinski definition) is 2. The van der Waals surface area contributed by atoms with Crippen LogP contribution in [0.4, 0.5) is 5.82 Å². The van der Waals surface area contributed by atoms with Gasteiger partial charge in [-0.1, -0.05) is 6.07 Å². The molecule has 6 heteroatoms. The quantitative estimate of drug-likeness (QED) is 0.555. The molecule has 0 unspecified atom stereocenters. The smallest absolute Gasteiger partial charge is 0.305 e. The summed E-state index contributed by atoms with van der Waals surface area (Å²) in [7, 11) is 0. The van der Waals surface area contributed by atoms with Crippen molar-refractivity contribution >= 4 is 17.7 Å². The number of nitrogens with one attached hydrogen (secondary N) is 1. The zero-order valence-corrected chi connectivity index (χ0v) is 10.3. The lowest BCUT2D eigenvalue weighted by atomic mass is 10.3. The molecule has 98 valence electrons. The fraction of sp³-hybridized carbons (Fsp3) is 0.417. The van der Waals surface area contributed by atoms with E-state index in [2.05, 4.69) is 10.3 Å². The fourth-order valence-corrected chi connectivity index (χ4v) is 1.35. The van der Waals surface area contributed by atoms with Gasteiger partial charge < -0.3 is 15.8 Å². The Balaban J connectivity index is 2.33. The highest BCUT2D eigenvalue weighted by Crippen LogP contribution is 2.05. The van der Waals surface area contributed by atoms with E-state index in [0.29, 0.717) is 31.8 Å². The van der Waals surface area contributed by atoms with Gasteiger partial charge in [0.1, 0.15) is 11.5 Å². The molecule has 0 fully saturated rings. The lowest BCUT2D eigenvalue weighted by molar-refractivity contribution is -0.143. The van der Waals surface area contributed by atoms with Crippen molar-refractivity contribution in [1.82, 2.24) is 4.98 Å². The predicted octanol–water partition coefficient (Wildman–Crippen LogP) is 0.936. The molecule has 1 aromatic heterocycles. The third kappa shape index (κ3) is 4.82. The zero-order chi connectivity index (χ0) is 13.4. The summed E-state index contributed by atoms with van der Waals surface area (Å²) in [4.78, 5) is 26.0. The number of amides is 1. The van der Waals surface area contributed by atoms with Gasteiger partial charge in [0.25, 0.3) is 5.91 Å². The average Bonchev–Trinajstić information content (AvgIpc) is 2.35. The molecule has 3 N–H and O–H groups in total. The van der Waals surface area contributed by atoms with Gasteiger partial charge in [-0.15, -0.1) is 0 Å². The number of anilines is 1. The third-order valence-corrected chi connectivity index (χ3v) is 2.17. The van der Waals surface area contributed by atoms with Crippen LogP contribution in [0.3, 0.4) is 0 Å². The van der Waals surface area contributed by atoms with Gasteiger partial charge in [0, 0.05) is 13.0 Å². The van der Waals surface area contributed by atoms with Crippen LogP contribution in [-0.2, 0) is 9.53 Å². The summed E-state index contributed by atoms with van der Waals surface area (Å²) < 4.78 is 4.80. The SMILES string of the molecule is CCOC(=O)CCCNc1cccc(C(N)=O)n1. The maximum Gasteiger partial charge on any atom is 0.305 e. The van der Waals surface area contributed by atoms with Crippen molar-refractivity contribution in [2.75, 3.05) is 18.5 Å². The average molecular weight is 251 g/mol. The van der Waals surface area contributed by atoms with Gasteiger partial charge in [-0.3, -0.25) is 9.59 Å². The van der Waals surface area contributed by atoms with Crippen LogP contribution in [0.5, 0.6) is 0 Å². The van der Waals surface area contributed by atoms with Gasteiger partial charge in [0.2, 0.25) is 0 Å². The Bertz CT molecular complexity index is 421. The summed E-state index contributed by atoms with van der Waals surface area (Å²) in [6.07, 6.45) is 0.998. The molecule has 0 aromatic carbocycles. The van der Waals surface area contributed by atoms with E-state index in [1.807, 2.05) is 0 Å². The van der Waals surface area contributed by atoms with Crippen LogP contribution in [-0.4, -0.2) is 30.0 Å². The number of nitrogens with two attached hydrogens (primary N) is 1. The van der Waals surface area contributed by atoms with E-state index in [1.165, 1.54) is 0 Å². The molecule has 0 saturated carbocycles. The molecule has 1 amide bonds. The number of ether oxygens (including phenoxy) is 1. The molecular formula is C12H17N3O3. The van der Waals surface area contributed by atoms with Gasteiger partial charge in [0.15, 0.2) is 0 Å². The number of nitrogens with zero attached hydrogens (tertiary/aromatic N) is 1. The van der Waals surface area contributed by atoms with Crippen molar-refractivity contribution in [2.24, 2.45) is 5.73 Å². The fourth-order valence-electron chi connectivity index (χ4n) is 1.35. The van der Waals surface area contributed by atoms with Crippen LogP contribution in [0.1, 0.15) is 30.3 Å². The van der Waals surface area contributed by atoms with Crippen molar-refractivity contribution in [3.05, 3.63) is 23.9 Å². The van der Waals surface area contributed by atoms with Gasteiger partial charge in [-0.2, -0.15) is 0 Å². The van der Waals surface area contributed by atoms with Crippen molar-refractivity contribution in [2.45, 2.75) is 19.8 Å². The maximum atomic E-state index is 11.1. The molecule has 0 aliphatic heterocycles. The zero-order valence-electron chi connectivity index (χ0n) is 10.3. The number of esters is 1. The molecule has 0 radical (unpaired) electrons. The molecular weight excluding hydrogens is 234 g/mol. The van der Waals surface area contributed by atoms with Crippen LogP contribution in [0.25, 0.3) is 0 Å². The largest absolute Gasteiger partial charge is 0.466 e. The van der Waals surface area contributed by atoms with Crippen LogP contribution in [0, 0.1) is 0 Å². The number of pyridine rings is 1. The summed E-state index contributed by atoms with van der Waals surface area (Å²) in [5.74, 6) is -0.210. The molecule has 1 aromatic rings. The summed E-state index contributed by atoms with van der Waals surface area (Å²) in [6.45, 7) is 2.75. The number of hydrogen-bond acceptors (Lipinski definition) is 5. The molecule has 6 nitrogen and oxygen atoms in total. The lowest BCUT2D eigenvalue weighted by Crippen LogP contribution is -2.14. The Morgan fingerprint density at radius 1 is 1.44 bits per heavy atom. The van der Waals surface area contributed by atoms with Crippen LogP contribution < -0.4 is 11.1 Å². The molecule has 0 saturated heterocycles. The van der Waals surface area contributed by atoms with Crippen LogP contribution in [0.2, 0.25) is 0 Å². The monoisotopic (exact) mass is 251 g/mol. The molecule has 0 aliphatic rings. The highest BCUT2D eigenvalue weighted by atomic mass is 16.5. The molecule has 1 rings (SSSR count). The summed E-state index contributed by atoms with van der Waals surface area (Å²) in [5, 5.41) is 3.01. The van der Waals surface area contributed by atoms with E-state index < -0.39 is 5.91 Å². The highest BCUT2D eigenvalue weighted by molar-refractivity contribution is 5.91. The first-order valence-corrected chi connectivity index (χ1v) is 5.80. The van der Waals surface area contributed by atoms with E-state index in [-0.39, 0.29) is 11.7 Å². The molecule has 0 atom stereocenters. The van der Waals surface area contributed by atoms with E-state index in [4.69, 9.17) is 10.5 Å². The number of aromatic nitrogens is 1. The number of rotatable bonds is 7. The normalized spacial score (nSPS) is 9.83. The summed E-state index contributed by atoms with van der Waals surface area (Å²) >= 11 is 0. The topological polar surface area (TPSA) is 94.3 Å². The van der Waals surface area contributed by atoms with Crippen molar-refractivity contribution in [1.29, 1.82) is 0 Å². The summed E-state index contributed by atoms with van der Waals surface area (Å²) in [6, 6.07) is 4.98. The van der Waals surface area contributed by atoms with Gasteiger partial charge in [-0.25, -0.2) is 4.98 Å². The standard InChI is InChI=1S/C12H17N3O3/c1-2-18-11(16)7-4-8-14-10-6-3-5-9(15-10)12(13)17/h3,5-6H,2,4,7-8H2,1H3,(H2,13,17)(H,14,15). The van der Waals surface area contributed by atoms with E-state index >= 15 is 0 Å². The molecule has 0 spiro atoms. The second kappa shape index (κ2) is 7.26. The van der Waals surface area contributed by atoms with Crippen molar-refractivity contribution < 1.29 is 14.3 Å². The van der Waals surface area contributed by atoms with Crippen molar-refractivity contribution in [3.8, 4) is 0 Å². The Kier molecular flexibility index (Phi) is 5.63. The molecule has 0 aliphatic carbocycles.